The molecule has 0 unspecified atom stereocenters. The first-order valence-corrected chi connectivity index (χ1v) is 9.75. The van der Waals surface area contributed by atoms with Crippen molar-refractivity contribution in [3.8, 4) is 5.88 Å². The van der Waals surface area contributed by atoms with Crippen LogP contribution in [0.2, 0.25) is 0 Å². The van der Waals surface area contributed by atoms with Gasteiger partial charge in [-0.05, 0) is 44.0 Å². The molecule has 2 aromatic carbocycles. The van der Waals surface area contributed by atoms with Crippen molar-refractivity contribution in [1.82, 2.24) is 9.97 Å². The number of nitrogens with zero attached hydrogens (tertiary/aromatic N) is 3. The first-order valence-electron chi connectivity index (χ1n) is 9.75. The number of anilines is 2. The van der Waals surface area contributed by atoms with E-state index in [1.807, 2.05) is 61.5 Å². The molecule has 0 spiro atoms. The molecule has 1 amide bonds. The van der Waals surface area contributed by atoms with Gasteiger partial charge in [0.15, 0.2) is 5.82 Å². The van der Waals surface area contributed by atoms with Crippen molar-refractivity contribution in [3.05, 3.63) is 54.6 Å². The number of ether oxygens (including phenoxy) is 1. The number of carbonyl (C=O) groups excluding carboxylic acids is 1. The largest absolute Gasteiger partial charge is 0.475 e. The number of hydrogen-bond donors (Lipinski definition) is 1. The highest BCUT2D eigenvalue weighted by Crippen LogP contribution is 2.31. The van der Waals surface area contributed by atoms with E-state index in [9.17, 15) is 4.79 Å². The summed E-state index contributed by atoms with van der Waals surface area (Å²) in [7, 11) is 0. The maximum atomic E-state index is 12.8. The Kier molecular flexibility index (Phi) is 5.37. The first-order chi connectivity index (χ1) is 13.7. The molecular weight excluding hydrogens is 352 g/mol. The van der Waals surface area contributed by atoms with Gasteiger partial charge in [-0.2, -0.15) is 0 Å². The van der Waals surface area contributed by atoms with E-state index in [4.69, 9.17) is 9.72 Å². The van der Waals surface area contributed by atoms with E-state index >= 15 is 0 Å². The molecule has 1 aliphatic rings. The summed E-state index contributed by atoms with van der Waals surface area (Å²) in [5.74, 6) is 1.20. The molecule has 0 aliphatic carbocycles. The van der Waals surface area contributed by atoms with Crippen LogP contribution < -0.4 is 15.0 Å². The number of amides is 1. The molecule has 6 nitrogen and oxygen atoms in total. The zero-order valence-corrected chi connectivity index (χ0v) is 16.0. The molecular formula is C22H24N4O2. The minimum absolute atomic E-state index is 0.0441. The normalized spacial score (nSPS) is 16.8. The fraction of sp³-hybridized carbons (Fsp3) is 0.318. The minimum atomic E-state index is -0.100. The minimum Gasteiger partial charge on any atom is -0.475 e. The zero-order chi connectivity index (χ0) is 19.3. The molecule has 0 saturated carbocycles. The van der Waals surface area contributed by atoms with E-state index in [1.54, 1.807) is 0 Å². The Bertz CT molecular complexity index is 961. The molecule has 1 saturated heterocycles. The SMILES string of the molecule is CCOc1nc2ccccc2nc1N1CCC[C@@H](C(=O)Nc2ccccc2)C1. The molecule has 6 heteroatoms. The second-order valence-electron chi connectivity index (χ2n) is 6.91. The van der Waals surface area contributed by atoms with Gasteiger partial charge in [-0.1, -0.05) is 30.3 Å². The Morgan fingerprint density at radius 3 is 2.57 bits per heavy atom. The second-order valence-corrected chi connectivity index (χ2v) is 6.91. The van der Waals surface area contributed by atoms with Gasteiger partial charge in [0.2, 0.25) is 5.91 Å². The molecule has 144 valence electrons. The van der Waals surface area contributed by atoms with E-state index in [-0.39, 0.29) is 11.8 Å². The first kappa shape index (κ1) is 18.2. The van der Waals surface area contributed by atoms with Gasteiger partial charge < -0.3 is 15.0 Å². The van der Waals surface area contributed by atoms with Crippen LogP contribution in [-0.4, -0.2) is 35.6 Å². The number of piperidine rings is 1. The summed E-state index contributed by atoms with van der Waals surface area (Å²) in [6, 6.07) is 17.4. The Morgan fingerprint density at radius 1 is 1.11 bits per heavy atom. The highest BCUT2D eigenvalue weighted by molar-refractivity contribution is 5.93. The molecule has 1 aromatic heterocycles. The molecule has 1 aliphatic heterocycles. The van der Waals surface area contributed by atoms with Crippen LogP contribution in [0.15, 0.2) is 54.6 Å². The lowest BCUT2D eigenvalue weighted by atomic mass is 9.97. The smallest absolute Gasteiger partial charge is 0.258 e. The Hall–Kier alpha value is -3.15. The van der Waals surface area contributed by atoms with Crippen molar-refractivity contribution in [1.29, 1.82) is 0 Å². The predicted octanol–water partition coefficient (Wildman–Crippen LogP) is 3.88. The lowest BCUT2D eigenvalue weighted by Crippen LogP contribution is -2.41. The molecule has 4 rings (SSSR count). The van der Waals surface area contributed by atoms with Gasteiger partial charge in [0.05, 0.1) is 23.6 Å². The van der Waals surface area contributed by atoms with Gasteiger partial charge in [0.1, 0.15) is 0 Å². The summed E-state index contributed by atoms with van der Waals surface area (Å²) < 4.78 is 5.77. The number of para-hydroxylation sites is 3. The lowest BCUT2D eigenvalue weighted by molar-refractivity contribution is -0.120. The fourth-order valence-corrected chi connectivity index (χ4v) is 3.56. The highest BCUT2D eigenvalue weighted by atomic mass is 16.5. The number of carbonyl (C=O) groups is 1. The zero-order valence-electron chi connectivity index (χ0n) is 16.0. The van der Waals surface area contributed by atoms with Crippen molar-refractivity contribution in [2.45, 2.75) is 19.8 Å². The van der Waals surface area contributed by atoms with E-state index in [0.717, 1.165) is 41.9 Å². The number of fused-ring (bicyclic) bond motifs is 1. The van der Waals surface area contributed by atoms with Crippen molar-refractivity contribution in [2.75, 3.05) is 29.9 Å². The highest BCUT2D eigenvalue weighted by Gasteiger charge is 2.29. The van der Waals surface area contributed by atoms with Crippen LogP contribution in [0.25, 0.3) is 11.0 Å². The quantitative estimate of drug-likeness (QED) is 0.732. The molecule has 1 fully saturated rings. The molecule has 0 bridgehead atoms. The van der Waals surface area contributed by atoms with Crippen molar-refractivity contribution >= 4 is 28.4 Å². The van der Waals surface area contributed by atoms with Crippen LogP contribution in [0.3, 0.4) is 0 Å². The average Bonchev–Trinajstić information content (AvgIpc) is 2.74. The topological polar surface area (TPSA) is 67.4 Å². The van der Waals surface area contributed by atoms with Gasteiger partial charge in [-0.25, -0.2) is 9.97 Å². The van der Waals surface area contributed by atoms with E-state index < -0.39 is 0 Å². The maximum Gasteiger partial charge on any atom is 0.258 e. The molecule has 0 radical (unpaired) electrons. The standard InChI is InChI=1S/C22H24N4O2/c1-2-28-22-20(24-18-12-6-7-13-19(18)25-22)26-14-8-9-16(15-26)21(27)23-17-10-4-3-5-11-17/h3-7,10-13,16H,2,8-9,14-15H2,1H3,(H,23,27)/t16-/m1/s1. The Balaban J connectivity index is 1.57. The average molecular weight is 376 g/mol. The van der Waals surface area contributed by atoms with E-state index in [0.29, 0.717) is 19.0 Å². The summed E-state index contributed by atoms with van der Waals surface area (Å²) in [5.41, 5.74) is 2.46. The molecule has 2 heterocycles. The molecule has 28 heavy (non-hydrogen) atoms. The van der Waals surface area contributed by atoms with E-state index in [2.05, 4.69) is 15.2 Å². The second kappa shape index (κ2) is 8.25. The molecule has 3 aromatic rings. The van der Waals surface area contributed by atoms with Crippen LogP contribution in [0, 0.1) is 5.92 Å². The number of hydrogen-bond acceptors (Lipinski definition) is 5. The Labute approximate surface area is 164 Å². The van der Waals surface area contributed by atoms with Gasteiger partial charge >= 0.3 is 0 Å². The van der Waals surface area contributed by atoms with Gasteiger partial charge in [-0.3, -0.25) is 4.79 Å². The molecule has 1 atom stereocenters. The third-order valence-electron chi connectivity index (χ3n) is 4.94. The third kappa shape index (κ3) is 3.91. The number of nitrogens with one attached hydrogen (secondary N) is 1. The third-order valence-corrected chi connectivity index (χ3v) is 4.94. The van der Waals surface area contributed by atoms with Crippen molar-refractivity contribution < 1.29 is 9.53 Å². The van der Waals surface area contributed by atoms with Gasteiger partial charge in [-0.15, -0.1) is 0 Å². The summed E-state index contributed by atoms with van der Waals surface area (Å²) >= 11 is 0. The van der Waals surface area contributed by atoms with Crippen molar-refractivity contribution in [3.63, 3.8) is 0 Å². The van der Waals surface area contributed by atoms with Gasteiger partial charge in [0, 0.05) is 18.8 Å². The predicted molar refractivity (Wildman–Crippen MR) is 111 cm³/mol. The summed E-state index contributed by atoms with van der Waals surface area (Å²) in [5, 5.41) is 3.02. The fourth-order valence-electron chi connectivity index (χ4n) is 3.56. The monoisotopic (exact) mass is 376 g/mol. The Morgan fingerprint density at radius 2 is 1.82 bits per heavy atom. The number of benzene rings is 2. The van der Waals surface area contributed by atoms with Crippen LogP contribution in [0.1, 0.15) is 19.8 Å². The summed E-state index contributed by atoms with van der Waals surface area (Å²) in [4.78, 5) is 24.3. The number of aromatic nitrogens is 2. The maximum absolute atomic E-state index is 12.8. The molecule has 1 N–H and O–H groups in total. The van der Waals surface area contributed by atoms with E-state index in [1.165, 1.54) is 0 Å². The summed E-state index contributed by atoms with van der Waals surface area (Å²) in [6.45, 7) is 3.90. The lowest BCUT2D eigenvalue weighted by Gasteiger charge is -2.33. The van der Waals surface area contributed by atoms with Crippen LogP contribution >= 0.6 is 0 Å². The van der Waals surface area contributed by atoms with Gasteiger partial charge in [0.25, 0.3) is 5.88 Å². The van der Waals surface area contributed by atoms with Crippen molar-refractivity contribution in [2.24, 2.45) is 5.92 Å². The van der Waals surface area contributed by atoms with Crippen LogP contribution in [0.4, 0.5) is 11.5 Å². The van der Waals surface area contributed by atoms with Crippen LogP contribution in [-0.2, 0) is 4.79 Å². The van der Waals surface area contributed by atoms with Crippen LogP contribution in [0.5, 0.6) is 5.88 Å². The number of rotatable bonds is 5. The summed E-state index contributed by atoms with van der Waals surface area (Å²) in [6.07, 6.45) is 1.78.